The van der Waals surface area contributed by atoms with E-state index in [0.717, 1.165) is 5.56 Å². The molecule has 0 saturated heterocycles. The molecule has 0 aromatic heterocycles. The molecule has 0 heterocycles. The normalized spacial score (nSPS) is 10.4. The van der Waals surface area contributed by atoms with Crippen LogP contribution in [0.4, 0.5) is 10.5 Å². The molecule has 2 N–H and O–H groups in total. The molecule has 0 atom stereocenters. The van der Waals surface area contributed by atoms with Gasteiger partial charge in [-0.3, -0.25) is 4.90 Å². The molecular formula is C16H16N2O2. The average molecular weight is 268 g/mol. The molecule has 20 heavy (non-hydrogen) atoms. The summed E-state index contributed by atoms with van der Waals surface area (Å²) in [7, 11) is 1.66. The Morgan fingerprint density at radius 3 is 2.40 bits per heavy atom. The Bertz CT molecular complexity index is 592. The molecule has 2 aromatic carbocycles. The molecule has 0 spiro atoms. The van der Waals surface area contributed by atoms with Gasteiger partial charge in [-0.15, -0.1) is 0 Å². The number of rotatable bonds is 3. The second-order valence-electron chi connectivity index (χ2n) is 4.27. The second kappa shape index (κ2) is 6.43. The van der Waals surface area contributed by atoms with E-state index in [0.29, 0.717) is 5.69 Å². The van der Waals surface area contributed by atoms with Gasteiger partial charge in [-0.05, 0) is 35.9 Å². The minimum Gasteiger partial charge on any atom is -0.508 e. The van der Waals surface area contributed by atoms with Gasteiger partial charge in [0.25, 0.3) is 0 Å². The third kappa shape index (κ3) is 3.62. The highest BCUT2D eigenvalue weighted by Crippen LogP contribution is 2.17. The van der Waals surface area contributed by atoms with Gasteiger partial charge in [-0.1, -0.05) is 30.3 Å². The fraction of sp³-hybridized carbons (Fsp3) is 0.0625. The number of hydrogen-bond acceptors (Lipinski definition) is 2. The summed E-state index contributed by atoms with van der Waals surface area (Å²) < 4.78 is 0. The predicted octanol–water partition coefficient (Wildman–Crippen LogP) is 3.21. The van der Waals surface area contributed by atoms with E-state index in [1.807, 2.05) is 36.4 Å². The fourth-order valence-corrected chi connectivity index (χ4v) is 1.66. The summed E-state index contributed by atoms with van der Waals surface area (Å²) in [6.07, 6.45) is 3.43. The zero-order chi connectivity index (χ0) is 14.4. The summed E-state index contributed by atoms with van der Waals surface area (Å²) >= 11 is 0. The van der Waals surface area contributed by atoms with Gasteiger partial charge in [0, 0.05) is 18.9 Å². The number of benzene rings is 2. The monoisotopic (exact) mass is 268 g/mol. The average Bonchev–Trinajstić information content (AvgIpc) is 2.48. The van der Waals surface area contributed by atoms with Gasteiger partial charge in [-0.25, -0.2) is 4.79 Å². The fourth-order valence-electron chi connectivity index (χ4n) is 1.66. The van der Waals surface area contributed by atoms with Crippen molar-refractivity contribution in [3.63, 3.8) is 0 Å². The van der Waals surface area contributed by atoms with Gasteiger partial charge in [0.05, 0.1) is 0 Å². The van der Waals surface area contributed by atoms with Crippen molar-refractivity contribution in [3.8, 4) is 5.75 Å². The maximum absolute atomic E-state index is 11.9. The van der Waals surface area contributed by atoms with Gasteiger partial charge in [0.2, 0.25) is 0 Å². The topological polar surface area (TPSA) is 52.6 Å². The lowest BCUT2D eigenvalue weighted by atomic mass is 10.2. The number of urea groups is 1. The Labute approximate surface area is 118 Å². The van der Waals surface area contributed by atoms with E-state index in [1.54, 1.807) is 37.5 Å². The highest BCUT2D eigenvalue weighted by molar-refractivity contribution is 5.92. The zero-order valence-corrected chi connectivity index (χ0v) is 11.2. The van der Waals surface area contributed by atoms with E-state index in [2.05, 4.69) is 5.32 Å². The van der Waals surface area contributed by atoms with Crippen molar-refractivity contribution < 1.29 is 9.90 Å². The summed E-state index contributed by atoms with van der Waals surface area (Å²) in [6, 6.07) is 15.9. The standard InChI is InChI=1S/C16H16N2O2/c1-18(14-7-9-15(19)10-8-14)16(20)17-12-11-13-5-3-2-4-6-13/h2-12,19H,1H3,(H,17,20)/b12-11+. The van der Waals surface area contributed by atoms with Crippen molar-refractivity contribution in [2.75, 3.05) is 11.9 Å². The molecule has 4 heteroatoms. The van der Waals surface area contributed by atoms with Gasteiger partial charge in [0.15, 0.2) is 0 Å². The molecule has 0 aliphatic carbocycles. The summed E-state index contributed by atoms with van der Waals surface area (Å²) in [5.41, 5.74) is 1.72. The van der Waals surface area contributed by atoms with Gasteiger partial charge in [0.1, 0.15) is 5.75 Å². The highest BCUT2D eigenvalue weighted by Gasteiger charge is 2.08. The molecule has 2 rings (SSSR count). The third-order valence-corrected chi connectivity index (χ3v) is 2.82. The highest BCUT2D eigenvalue weighted by atomic mass is 16.3. The molecule has 0 radical (unpaired) electrons. The van der Waals surface area contributed by atoms with E-state index in [1.165, 1.54) is 4.90 Å². The molecule has 0 unspecified atom stereocenters. The quantitative estimate of drug-likeness (QED) is 0.898. The van der Waals surface area contributed by atoms with Crippen molar-refractivity contribution in [1.29, 1.82) is 0 Å². The molecule has 0 aliphatic rings. The molecule has 2 amide bonds. The molecule has 0 saturated carbocycles. The molecular weight excluding hydrogens is 252 g/mol. The lowest BCUT2D eigenvalue weighted by molar-refractivity contribution is 0.250. The molecule has 4 nitrogen and oxygen atoms in total. The Kier molecular flexibility index (Phi) is 4.39. The number of amides is 2. The summed E-state index contributed by atoms with van der Waals surface area (Å²) in [6.45, 7) is 0. The smallest absolute Gasteiger partial charge is 0.325 e. The summed E-state index contributed by atoms with van der Waals surface area (Å²) in [5, 5.41) is 11.9. The third-order valence-electron chi connectivity index (χ3n) is 2.82. The first-order valence-electron chi connectivity index (χ1n) is 6.21. The second-order valence-corrected chi connectivity index (χ2v) is 4.27. The lowest BCUT2D eigenvalue weighted by Gasteiger charge is -2.16. The van der Waals surface area contributed by atoms with Crippen LogP contribution in [0.3, 0.4) is 0 Å². The summed E-state index contributed by atoms with van der Waals surface area (Å²) in [5.74, 6) is 0.173. The minimum absolute atomic E-state index is 0.173. The van der Waals surface area contributed by atoms with Crippen LogP contribution in [0.2, 0.25) is 0 Å². The Balaban J connectivity index is 1.95. The van der Waals surface area contributed by atoms with Crippen LogP contribution in [-0.4, -0.2) is 18.2 Å². The Morgan fingerprint density at radius 2 is 1.75 bits per heavy atom. The van der Waals surface area contributed by atoms with E-state index < -0.39 is 0 Å². The number of carbonyl (C=O) groups excluding carboxylic acids is 1. The number of nitrogens with one attached hydrogen (secondary N) is 1. The number of phenols is 1. The van der Waals surface area contributed by atoms with Crippen LogP contribution in [0.5, 0.6) is 5.75 Å². The van der Waals surface area contributed by atoms with Crippen molar-refractivity contribution in [1.82, 2.24) is 5.32 Å². The Morgan fingerprint density at radius 1 is 1.10 bits per heavy atom. The lowest BCUT2D eigenvalue weighted by Crippen LogP contribution is -2.34. The van der Waals surface area contributed by atoms with Crippen molar-refractivity contribution in [2.45, 2.75) is 0 Å². The number of hydrogen-bond donors (Lipinski definition) is 2. The van der Waals surface area contributed by atoms with Gasteiger partial charge < -0.3 is 10.4 Å². The van der Waals surface area contributed by atoms with E-state index in [-0.39, 0.29) is 11.8 Å². The number of carbonyl (C=O) groups is 1. The predicted molar refractivity (Wildman–Crippen MR) is 80.5 cm³/mol. The Hall–Kier alpha value is -2.75. The van der Waals surface area contributed by atoms with E-state index in [4.69, 9.17) is 0 Å². The van der Waals surface area contributed by atoms with E-state index in [9.17, 15) is 9.90 Å². The van der Waals surface area contributed by atoms with Crippen LogP contribution in [0.1, 0.15) is 5.56 Å². The summed E-state index contributed by atoms with van der Waals surface area (Å²) in [4.78, 5) is 13.4. The SMILES string of the molecule is CN(C(=O)N/C=C/c1ccccc1)c1ccc(O)cc1. The first kappa shape index (κ1) is 13.7. The first-order chi connectivity index (χ1) is 9.66. The maximum atomic E-state index is 11.9. The van der Waals surface area contributed by atoms with Crippen molar-refractivity contribution in [3.05, 3.63) is 66.4 Å². The molecule has 2 aromatic rings. The van der Waals surface area contributed by atoms with Crippen LogP contribution >= 0.6 is 0 Å². The number of phenolic OH excluding ortho intramolecular Hbond substituents is 1. The van der Waals surface area contributed by atoms with Crippen molar-refractivity contribution in [2.24, 2.45) is 0 Å². The van der Waals surface area contributed by atoms with Crippen LogP contribution < -0.4 is 10.2 Å². The van der Waals surface area contributed by atoms with Crippen LogP contribution in [0.15, 0.2) is 60.8 Å². The van der Waals surface area contributed by atoms with Gasteiger partial charge >= 0.3 is 6.03 Å². The largest absolute Gasteiger partial charge is 0.508 e. The molecule has 102 valence electrons. The number of nitrogens with zero attached hydrogens (tertiary/aromatic N) is 1. The maximum Gasteiger partial charge on any atom is 0.325 e. The first-order valence-corrected chi connectivity index (χ1v) is 6.21. The minimum atomic E-state index is -0.247. The van der Waals surface area contributed by atoms with Gasteiger partial charge in [-0.2, -0.15) is 0 Å². The van der Waals surface area contributed by atoms with Crippen molar-refractivity contribution >= 4 is 17.8 Å². The number of aromatic hydroxyl groups is 1. The van der Waals surface area contributed by atoms with Crippen LogP contribution in [0, 0.1) is 0 Å². The van der Waals surface area contributed by atoms with Crippen LogP contribution in [-0.2, 0) is 0 Å². The molecule has 0 aliphatic heterocycles. The molecule has 0 bridgehead atoms. The van der Waals surface area contributed by atoms with E-state index >= 15 is 0 Å². The number of anilines is 1. The molecule has 0 fully saturated rings. The zero-order valence-electron chi connectivity index (χ0n) is 11.2. The van der Waals surface area contributed by atoms with Crippen LogP contribution in [0.25, 0.3) is 6.08 Å².